The molecule has 1 aliphatic rings. The molecule has 3 aromatic rings. The van der Waals surface area contributed by atoms with Crippen LogP contribution in [0.3, 0.4) is 0 Å². The number of allylic oxidation sites excluding steroid dienone is 4. The average Bonchev–Trinajstić information content (AvgIpc) is 3.07. The summed E-state index contributed by atoms with van der Waals surface area (Å²) in [6.45, 7) is 9.19. The molecule has 1 atom stereocenters. The Morgan fingerprint density at radius 1 is 0.885 bits per heavy atom. The van der Waals surface area contributed by atoms with Gasteiger partial charge in [0.05, 0.1) is 0 Å². The number of hydrogen-bond donors (Lipinski definition) is 0. The molecule has 0 amide bonds. The Balaban J connectivity index is 0.00000113. The molecule has 4 rings (SSSR count). The summed E-state index contributed by atoms with van der Waals surface area (Å²) in [4.78, 5) is 0. The Morgan fingerprint density at radius 2 is 1.54 bits per heavy atom. The van der Waals surface area contributed by atoms with Crippen LogP contribution in [0.5, 0.6) is 0 Å². The molecule has 26 heavy (non-hydrogen) atoms. The van der Waals surface area contributed by atoms with E-state index in [9.17, 15) is 0 Å². The number of halogens is 2. The van der Waals surface area contributed by atoms with Crippen molar-refractivity contribution in [1.29, 1.82) is 0 Å². The van der Waals surface area contributed by atoms with Crippen LogP contribution >= 0.6 is 0 Å². The molecule has 1 unspecified atom stereocenters. The van der Waals surface area contributed by atoms with Gasteiger partial charge >= 0.3 is 26.2 Å². The topological polar surface area (TPSA) is 0 Å². The van der Waals surface area contributed by atoms with E-state index >= 15 is 0 Å². The summed E-state index contributed by atoms with van der Waals surface area (Å²) in [6.07, 6.45) is 4.84. The molecular formula is C23H23Cl2Zr. The summed E-state index contributed by atoms with van der Waals surface area (Å²) in [7, 11) is 0. The molecule has 0 aliphatic heterocycles. The zero-order valence-corrected chi connectivity index (χ0v) is 19.6. The molecule has 0 saturated carbocycles. The molecule has 3 heteroatoms. The van der Waals surface area contributed by atoms with E-state index < -0.39 is 0 Å². The fourth-order valence-electron chi connectivity index (χ4n) is 3.73. The van der Waals surface area contributed by atoms with E-state index in [1.807, 2.05) is 0 Å². The standard InChI is InChI=1S/C23H23.2ClH.Zr/c1-15-12-17(23(2,3)4)14-21(15)20-11-7-10-19-18-9-6-5-8-16(18)13-22(19)20;;;/h5-15H,1-4H3;2*1H;/q-1;;;+3/p-2. The van der Waals surface area contributed by atoms with Gasteiger partial charge in [0.1, 0.15) is 0 Å². The first-order valence-corrected chi connectivity index (χ1v) is 8.46. The Morgan fingerprint density at radius 3 is 2.19 bits per heavy atom. The molecule has 0 saturated heterocycles. The van der Waals surface area contributed by atoms with Gasteiger partial charge in [-0.3, -0.25) is 0 Å². The summed E-state index contributed by atoms with van der Waals surface area (Å²) < 4.78 is 0. The average molecular weight is 462 g/mol. The summed E-state index contributed by atoms with van der Waals surface area (Å²) in [6, 6.07) is 17.8. The maximum Gasteiger partial charge on any atom is 3.00 e. The third kappa shape index (κ3) is 3.91. The Bertz CT molecular complexity index is 971. The van der Waals surface area contributed by atoms with Crippen molar-refractivity contribution in [1.82, 2.24) is 0 Å². The molecular weight excluding hydrogens is 438 g/mol. The molecule has 0 spiro atoms. The number of benzene rings is 2. The molecule has 1 aliphatic carbocycles. The van der Waals surface area contributed by atoms with Gasteiger partial charge in [-0.25, -0.2) is 0 Å². The molecule has 0 nitrogen and oxygen atoms in total. The normalized spacial score (nSPS) is 16.4. The van der Waals surface area contributed by atoms with Crippen LogP contribution in [0.25, 0.3) is 27.1 Å². The molecule has 3 aromatic carbocycles. The van der Waals surface area contributed by atoms with E-state index in [4.69, 9.17) is 0 Å². The Kier molecular flexibility index (Phi) is 7.62. The van der Waals surface area contributed by atoms with Crippen molar-refractivity contribution in [3.63, 3.8) is 0 Å². The van der Waals surface area contributed by atoms with E-state index in [1.165, 1.54) is 38.3 Å². The zero-order chi connectivity index (χ0) is 16.2. The number of hydrogen-bond acceptors (Lipinski definition) is 0. The van der Waals surface area contributed by atoms with Gasteiger partial charge in [-0.15, -0.1) is 33.7 Å². The van der Waals surface area contributed by atoms with Gasteiger partial charge < -0.3 is 24.8 Å². The number of fused-ring (bicyclic) bond motifs is 3. The van der Waals surface area contributed by atoms with Crippen molar-refractivity contribution in [2.75, 3.05) is 0 Å². The van der Waals surface area contributed by atoms with Gasteiger partial charge in [0.25, 0.3) is 0 Å². The minimum atomic E-state index is 0. The third-order valence-electron chi connectivity index (χ3n) is 5.07. The Labute approximate surface area is 188 Å². The van der Waals surface area contributed by atoms with E-state index in [1.54, 1.807) is 0 Å². The molecule has 133 valence electrons. The third-order valence-corrected chi connectivity index (χ3v) is 5.07. The van der Waals surface area contributed by atoms with Crippen LogP contribution in [0, 0.1) is 11.3 Å². The van der Waals surface area contributed by atoms with E-state index in [0.29, 0.717) is 5.92 Å². The second-order valence-corrected chi connectivity index (χ2v) is 7.76. The predicted octanol–water partition coefficient (Wildman–Crippen LogP) is 0.723. The first-order valence-electron chi connectivity index (χ1n) is 8.46. The molecule has 0 fully saturated rings. The van der Waals surface area contributed by atoms with Gasteiger partial charge in [-0.2, -0.15) is 0 Å². The predicted molar refractivity (Wildman–Crippen MR) is 102 cm³/mol. The largest absolute Gasteiger partial charge is 3.00 e. The molecule has 0 aromatic heterocycles. The van der Waals surface area contributed by atoms with Crippen molar-refractivity contribution in [2.45, 2.75) is 27.7 Å². The molecule has 1 radical (unpaired) electrons. The van der Waals surface area contributed by atoms with E-state index in [0.717, 1.165) is 0 Å². The summed E-state index contributed by atoms with van der Waals surface area (Å²) in [5.74, 6) is 0.479. The second kappa shape index (κ2) is 8.51. The smallest absolute Gasteiger partial charge is 1.00 e. The molecule has 0 heterocycles. The van der Waals surface area contributed by atoms with Crippen molar-refractivity contribution in [2.24, 2.45) is 11.3 Å². The SMILES string of the molecule is CC1C=C(C(C)(C)C)C=C1c1cccc2c1[cH-]c1ccccc12.[Cl-].[Cl-].[Zr+3]. The van der Waals surface area contributed by atoms with Gasteiger partial charge in [0.2, 0.25) is 0 Å². The minimum Gasteiger partial charge on any atom is -1.00 e. The van der Waals surface area contributed by atoms with Crippen LogP contribution in [0.4, 0.5) is 0 Å². The van der Waals surface area contributed by atoms with Crippen LogP contribution in [-0.4, -0.2) is 0 Å². The van der Waals surface area contributed by atoms with E-state index in [2.05, 4.69) is 88.4 Å². The van der Waals surface area contributed by atoms with Gasteiger partial charge in [-0.1, -0.05) is 87.4 Å². The zero-order valence-electron chi connectivity index (χ0n) is 15.6. The van der Waals surface area contributed by atoms with Crippen molar-refractivity contribution in [3.05, 3.63) is 71.8 Å². The van der Waals surface area contributed by atoms with Crippen molar-refractivity contribution < 1.29 is 51.0 Å². The Hall–Kier alpha value is -0.747. The monoisotopic (exact) mass is 459 g/mol. The van der Waals surface area contributed by atoms with Gasteiger partial charge in [-0.05, 0) is 16.9 Å². The first kappa shape index (κ1) is 23.3. The maximum atomic E-state index is 2.43. The minimum absolute atomic E-state index is 0. The van der Waals surface area contributed by atoms with Crippen LogP contribution in [0.2, 0.25) is 0 Å². The molecule has 0 bridgehead atoms. The summed E-state index contributed by atoms with van der Waals surface area (Å²) in [5.41, 5.74) is 4.51. The van der Waals surface area contributed by atoms with E-state index in [-0.39, 0.29) is 56.4 Å². The van der Waals surface area contributed by atoms with Crippen LogP contribution in [-0.2, 0) is 26.2 Å². The summed E-state index contributed by atoms with van der Waals surface area (Å²) in [5, 5.41) is 5.45. The number of rotatable bonds is 1. The van der Waals surface area contributed by atoms with Crippen molar-refractivity contribution in [3.8, 4) is 0 Å². The summed E-state index contributed by atoms with van der Waals surface area (Å²) >= 11 is 0. The fraction of sp³-hybridized carbons (Fsp3) is 0.261. The molecule has 0 N–H and O–H groups in total. The fourth-order valence-corrected chi connectivity index (χ4v) is 3.73. The second-order valence-electron chi connectivity index (χ2n) is 7.76. The quantitative estimate of drug-likeness (QED) is 0.469. The van der Waals surface area contributed by atoms with Gasteiger partial charge in [0.15, 0.2) is 0 Å². The van der Waals surface area contributed by atoms with Crippen LogP contribution in [0.15, 0.2) is 66.3 Å². The van der Waals surface area contributed by atoms with Crippen molar-refractivity contribution >= 4 is 27.1 Å². The maximum absolute atomic E-state index is 2.43. The van der Waals surface area contributed by atoms with Crippen LogP contribution in [0.1, 0.15) is 33.3 Å². The van der Waals surface area contributed by atoms with Crippen LogP contribution < -0.4 is 24.8 Å². The first-order chi connectivity index (χ1) is 10.9. The van der Waals surface area contributed by atoms with Gasteiger partial charge in [0, 0.05) is 0 Å².